The lowest BCUT2D eigenvalue weighted by molar-refractivity contribution is -0.131. The van der Waals surface area contributed by atoms with Gasteiger partial charge in [0.25, 0.3) is 0 Å². The van der Waals surface area contributed by atoms with E-state index in [0.717, 1.165) is 38.5 Å². The van der Waals surface area contributed by atoms with Crippen molar-refractivity contribution < 1.29 is 14.7 Å². The molecule has 0 spiro atoms. The van der Waals surface area contributed by atoms with E-state index in [1.807, 2.05) is 60.8 Å². The third kappa shape index (κ3) is 4.60. The molecule has 2 heterocycles. The zero-order chi connectivity index (χ0) is 22.7. The Bertz CT molecular complexity index is 1340. The fraction of sp³-hybridized carbons (Fsp3) is 0.0417. The summed E-state index contributed by atoms with van der Waals surface area (Å²) in [4.78, 5) is 27.4. The Labute approximate surface area is 188 Å². The van der Waals surface area contributed by atoms with Gasteiger partial charge >= 0.3 is 12.0 Å². The van der Waals surface area contributed by atoms with Crippen LogP contribution in [0.1, 0.15) is 11.1 Å². The van der Waals surface area contributed by atoms with Crippen LogP contribution in [0.4, 0.5) is 22.0 Å². The summed E-state index contributed by atoms with van der Waals surface area (Å²) in [6.07, 6.45) is 4.16. The third-order valence-electron chi connectivity index (χ3n) is 4.79. The fourth-order valence-corrected chi connectivity index (χ4v) is 4.41. The van der Waals surface area contributed by atoms with E-state index in [1.165, 1.54) is 17.4 Å². The lowest BCUT2D eigenvalue weighted by Crippen LogP contribution is -2.19. The summed E-state index contributed by atoms with van der Waals surface area (Å²) in [6.45, 7) is 1.96. The van der Waals surface area contributed by atoms with Crippen molar-refractivity contribution in [3.8, 4) is 11.1 Å². The molecule has 0 radical (unpaired) electrons. The van der Waals surface area contributed by atoms with E-state index in [9.17, 15) is 9.59 Å². The molecule has 4 rings (SSSR count). The zero-order valence-electron chi connectivity index (χ0n) is 17.1. The Morgan fingerprint density at radius 2 is 1.84 bits per heavy atom. The van der Waals surface area contributed by atoms with Gasteiger partial charge in [-0.1, -0.05) is 24.3 Å². The van der Waals surface area contributed by atoms with E-state index in [1.54, 1.807) is 6.20 Å². The number of nitrogen functional groups attached to an aromatic ring is 1. The number of nitrogens with zero attached hydrogens (tertiary/aromatic N) is 1. The topological polar surface area (TPSA) is 117 Å². The second kappa shape index (κ2) is 8.91. The molecule has 32 heavy (non-hydrogen) atoms. The summed E-state index contributed by atoms with van der Waals surface area (Å²) in [5.41, 5.74) is 11.1. The van der Waals surface area contributed by atoms with Crippen molar-refractivity contribution >= 4 is 56.7 Å². The highest BCUT2D eigenvalue weighted by atomic mass is 32.1. The number of nitrogens with two attached hydrogens (primary N) is 1. The molecule has 0 atom stereocenters. The number of fused-ring (bicyclic) bond motifs is 1. The van der Waals surface area contributed by atoms with Crippen LogP contribution in [-0.4, -0.2) is 22.1 Å². The normalized spacial score (nSPS) is 11.0. The van der Waals surface area contributed by atoms with Crippen molar-refractivity contribution in [2.45, 2.75) is 6.92 Å². The number of aromatic nitrogens is 1. The molecule has 0 aliphatic carbocycles. The number of amides is 2. The fourth-order valence-electron chi connectivity index (χ4n) is 3.33. The first-order valence-corrected chi connectivity index (χ1v) is 10.6. The van der Waals surface area contributed by atoms with Crippen LogP contribution in [0, 0.1) is 6.92 Å². The van der Waals surface area contributed by atoms with Crippen molar-refractivity contribution in [3.05, 3.63) is 77.3 Å². The standard InChI is InChI=1S/C24H20N4O3S/c1-14-3-2-4-18(11-14)28-24(31)27-17-8-5-15(6-9-17)19-13-32-22-16(7-10-20(29)30)12-26-23(25)21(19)22/h2-13H,1H3,(H2,25,26)(H,29,30)(H2,27,28,31). The highest BCUT2D eigenvalue weighted by Gasteiger charge is 2.13. The number of urea groups is 1. The molecule has 5 N–H and O–H groups in total. The number of rotatable bonds is 5. The Balaban J connectivity index is 1.56. The predicted molar refractivity (Wildman–Crippen MR) is 130 cm³/mol. The SMILES string of the molecule is Cc1cccc(NC(=O)Nc2ccc(-c3csc4c(C=CC(=O)O)cnc(N)c34)cc2)c1. The molecule has 4 aromatic rings. The Kier molecular flexibility index (Phi) is 5.87. The van der Waals surface area contributed by atoms with E-state index in [4.69, 9.17) is 10.8 Å². The molecule has 0 saturated carbocycles. The van der Waals surface area contributed by atoms with Crippen LogP contribution >= 0.6 is 11.3 Å². The highest BCUT2D eigenvalue weighted by molar-refractivity contribution is 7.18. The van der Waals surface area contributed by atoms with Crippen LogP contribution in [0.2, 0.25) is 0 Å². The average molecular weight is 445 g/mol. The van der Waals surface area contributed by atoms with Gasteiger partial charge in [0.1, 0.15) is 5.82 Å². The Morgan fingerprint density at radius 1 is 1.09 bits per heavy atom. The number of carboxylic acid groups (broad SMARTS) is 1. The molecule has 0 aliphatic rings. The number of pyridine rings is 1. The van der Waals surface area contributed by atoms with Crippen LogP contribution in [0.3, 0.4) is 0 Å². The van der Waals surface area contributed by atoms with E-state index in [-0.39, 0.29) is 6.03 Å². The number of hydrogen-bond acceptors (Lipinski definition) is 5. The third-order valence-corrected chi connectivity index (χ3v) is 5.82. The summed E-state index contributed by atoms with van der Waals surface area (Å²) < 4.78 is 0.865. The minimum atomic E-state index is -1.03. The lowest BCUT2D eigenvalue weighted by Gasteiger charge is -2.09. The number of thiophene rings is 1. The van der Waals surface area contributed by atoms with Gasteiger partial charge in [0.2, 0.25) is 0 Å². The monoisotopic (exact) mass is 444 g/mol. The number of anilines is 3. The maximum Gasteiger partial charge on any atom is 0.328 e. The molecule has 0 bridgehead atoms. The maximum atomic E-state index is 12.3. The van der Waals surface area contributed by atoms with Crippen molar-refractivity contribution in [2.24, 2.45) is 0 Å². The number of carboxylic acids is 1. The first-order valence-electron chi connectivity index (χ1n) is 9.72. The minimum absolute atomic E-state index is 0.326. The molecule has 0 unspecified atom stereocenters. The Morgan fingerprint density at radius 3 is 2.56 bits per heavy atom. The van der Waals surface area contributed by atoms with E-state index >= 15 is 0 Å². The molecule has 7 nitrogen and oxygen atoms in total. The number of hydrogen-bond donors (Lipinski definition) is 4. The first kappa shape index (κ1) is 21.1. The van der Waals surface area contributed by atoms with E-state index in [0.29, 0.717) is 17.1 Å². The number of nitrogens with one attached hydrogen (secondary N) is 2. The lowest BCUT2D eigenvalue weighted by atomic mass is 10.0. The summed E-state index contributed by atoms with van der Waals surface area (Å²) in [7, 11) is 0. The molecule has 8 heteroatoms. The predicted octanol–water partition coefficient (Wildman–Crippen LogP) is 5.60. The van der Waals surface area contributed by atoms with Gasteiger partial charge in [-0.05, 0) is 53.8 Å². The molecule has 2 aromatic carbocycles. The zero-order valence-corrected chi connectivity index (χ0v) is 17.9. The smallest absolute Gasteiger partial charge is 0.328 e. The highest BCUT2D eigenvalue weighted by Crippen LogP contribution is 2.39. The van der Waals surface area contributed by atoms with Gasteiger partial charge in [0.15, 0.2) is 0 Å². The van der Waals surface area contributed by atoms with Crippen LogP contribution in [0.15, 0.2) is 66.2 Å². The molecule has 0 aliphatic heterocycles. The molecule has 0 fully saturated rings. The van der Waals surface area contributed by atoms with E-state index in [2.05, 4.69) is 15.6 Å². The van der Waals surface area contributed by atoms with Gasteiger partial charge in [-0.2, -0.15) is 0 Å². The van der Waals surface area contributed by atoms with Gasteiger partial charge in [-0.25, -0.2) is 14.6 Å². The molecular weight excluding hydrogens is 424 g/mol. The number of aliphatic carboxylic acids is 1. The van der Waals surface area contributed by atoms with Crippen LogP contribution < -0.4 is 16.4 Å². The molecular formula is C24H20N4O3S. The summed E-state index contributed by atoms with van der Waals surface area (Å²) in [5, 5.41) is 17.3. The van der Waals surface area contributed by atoms with Crippen LogP contribution in [0.25, 0.3) is 27.3 Å². The summed E-state index contributed by atoms with van der Waals surface area (Å²) >= 11 is 1.47. The van der Waals surface area contributed by atoms with Gasteiger partial charge in [0.05, 0.1) is 0 Å². The number of carbonyl (C=O) groups excluding carboxylic acids is 1. The average Bonchev–Trinajstić information content (AvgIpc) is 3.20. The van der Waals surface area contributed by atoms with Gasteiger partial charge in [0, 0.05) is 44.9 Å². The summed E-state index contributed by atoms with van der Waals surface area (Å²) in [5.74, 6) is -0.648. The second-order valence-electron chi connectivity index (χ2n) is 7.15. The van der Waals surface area contributed by atoms with Gasteiger partial charge in [-0.15, -0.1) is 11.3 Å². The maximum absolute atomic E-state index is 12.3. The Hall–Kier alpha value is -4.17. The van der Waals surface area contributed by atoms with Crippen molar-refractivity contribution in [2.75, 3.05) is 16.4 Å². The minimum Gasteiger partial charge on any atom is -0.478 e. The molecule has 0 saturated heterocycles. The molecule has 160 valence electrons. The molecule has 2 aromatic heterocycles. The van der Waals surface area contributed by atoms with Crippen LogP contribution in [0.5, 0.6) is 0 Å². The van der Waals surface area contributed by atoms with Gasteiger partial charge < -0.3 is 21.5 Å². The van der Waals surface area contributed by atoms with Gasteiger partial charge in [-0.3, -0.25) is 0 Å². The number of aryl methyl sites for hydroxylation is 1. The quantitative estimate of drug-likeness (QED) is 0.299. The number of benzene rings is 2. The second-order valence-corrected chi connectivity index (χ2v) is 8.03. The van der Waals surface area contributed by atoms with Crippen molar-refractivity contribution in [1.82, 2.24) is 4.98 Å². The van der Waals surface area contributed by atoms with Crippen molar-refractivity contribution in [1.29, 1.82) is 0 Å². The largest absolute Gasteiger partial charge is 0.478 e. The first-order chi connectivity index (χ1) is 15.4. The van der Waals surface area contributed by atoms with Crippen LogP contribution in [-0.2, 0) is 4.79 Å². The van der Waals surface area contributed by atoms with Crippen molar-refractivity contribution in [3.63, 3.8) is 0 Å². The number of carbonyl (C=O) groups is 2. The molecule has 2 amide bonds. The summed E-state index contributed by atoms with van der Waals surface area (Å²) in [6, 6.07) is 14.6. The van der Waals surface area contributed by atoms with E-state index < -0.39 is 5.97 Å².